The van der Waals surface area contributed by atoms with Crippen LogP contribution in [0.2, 0.25) is 0 Å². The molecule has 0 saturated carbocycles. The van der Waals surface area contributed by atoms with E-state index in [1.165, 1.54) is 0 Å². The van der Waals surface area contributed by atoms with E-state index in [1.807, 2.05) is 12.1 Å². The maximum atomic E-state index is 13.5. The van der Waals surface area contributed by atoms with Crippen molar-refractivity contribution in [2.45, 2.75) is 39.5 Å². The van der Waals surface area contributed by atoms with E-state index >= 15 is 0 Å². The van der Waals surface area contributed by atoms with Crippen molar-refractivity contribution in [1.82, 2.24) is 9.97 Å². The fourth-order valence-corrected chi connectivity index (χ4v) is 4.69. The van der Waals surface area contributed by atoms with Crippen molar-refractivity contribution < 1.29 is 14.3 Å². The summed E-state index contributed by atoms with van der Waals surface area (Å²) in [4.78, 5) is 37.2. The number of Topliss-reactive ketones (excluding diaryl/α,β-unsaturated/α-hetero) is 1. The lowest BCUT2D eigenvalue weighted by Crippen LogP contribution is -2.44. The number of pyridine rings is 2. The van der Waals surface area contributed by atoms with E-state index in [-0.39, 0.29) is 29.2 Å². The fraction of sp³-hybridized carbons (Fsp3) is 0.333. The molecule has 3 heterocycles. The smallest absolute Gasteiger partial charge is 0.338 e. The maximum Gasteiger partial charge on any atom is 0.338 e. The number of esters is 1. The Morgan fingerprint density at radius 2 is 2.06 bits per heavy atom. The number of carbonyl (C=O) groups excluding carboxylic acids is 2. The van der Waals surface area contributed by atoms with Crippen LogP contribution in [0.3, 0.4) is 0 Å². The molecule has 1 aliphatic carbocycles. The quantitative estimate of drug-likeness (QED) is 0.632. The van der Waals surface area contributed by atoms with Gasteiger partial charge in [-0.2, -0.15) is 0 Å². The lowest BCUT2D eigenvalue weighted by Gasteiger charge is -2.43. The zero-order chi connectivity index (χ0) is 23.0. The number of ketones is 1. The molecule has 8 heteroatoms. The Labute approximate surface area is 195 Å². The van der Waals surface area contributed by atoms with E-state index in [0.717, 1.165) is 15.7 Å². The number of nitrogens with zero attached hydrogens (tertiary/aromatic N) is 3. The standard InChI is InChI=1S/C24H25BrN4O3/c1-4-32-23(31)21-19(14-6-5-9-27-12-14)20-16(10-24(2,3)11-17(20)30)29(22(21)26)18-8-7-15(25)13-28-18/h5-9,12-13,19H,4,10-11,26H2,1-3H3. The molecule has 0 bridgehead atoms. The molecular formula is C24H25BrN4O3. The molecule has 7 nitrogen and oxygen atoms in total. The number of carbonyl (C=O) groups is 2. The molecule has 0 amide bonds. The van der Waals surface area contributed by atoms with Gasteiger partial charge in [0.2, 0.25) is 0 Å². The third kappa shape index (κ3) is 3.95. The number of aromatic nitrogens is 2. The Balaban J connectivity index is 2.01. The molecule has 32 heavy (non-hydrogen) atoms. The van der Waals surface area contributed by atoms with Crippen molar-refractivity contribution >= 4 is 33.5 Å². The molecule has 0 spiro atoms. The van der Waals surface area contributed by atoms with Gasteiger partial charge in [0, 0.05) is 40.8 Å². The second-order valence-electron chi connectivity index (χ2n) is 8.71. The zero-order valence-corrected chi connectivity index (χ0v) is 19.8. The Morgan fingerprint density at radius 1 is 1.28 bits per heavy atom. The molecule has 166 valence electrons. The van der Waals surface area contributed by atoms with Crippen molar-refractivity contribution in [3.05, 3.63) is 75.6 Å². The third-order valence-corrected chi connectivity index (χ3v) is 6.18. The van der Waals surface area contributed by atoms with Crippen LogP contribution in [0.25, 0.3) is 0 Å². The summed E-state index contributed by atoms with van der Waals surface area (Å²) >= 11 is 3.41. The van der Waals surface area contributed by atoms with Crippen molar-refractivity contribution in [3.8, 4) is 0 Å². The number of anilines is 1. The van der Waals surface area contributed by atoms with Gasteiger partial charge in [0.15, 0.2) is 5.78 Å². The van der Waals surface area contributed by atoms with Crippen molar-refractivity contribution in [3.63, 3.8) is 0 Å². The Morgan fingerprint density at radius 3 is 2.69 bits per heavy atom. The average Bonchev–Trinajstić information content (AvgIpc) is 2.74. The minimum atomic E-state index is -0.645. The van der Waals surface area contributed by atoms with Gasteiger partial charge < -0.3 is 10.5 Å². The summed E-state index contributed by atoms with van der Waals surface area (Å²) < 4.78 is 6.19. The first-order valence-electron chi connectivity index (χ1n) is 10.5. The van der Waals surface area contributed by atoms with Gasteiger partial charge >= 0.3 is 5.97 Å². The lowest BCUT2D eigenvalue weighted by atomic mass is 9.68. The SMILES string of the molecule is CCOC(=O)C1=C(N)N(c2ccc(Br)cn2)C2=C(C(=O)CC(C)(C)C2)C1c1cccnc1. The van der Waals surface area contributed by atoms with E-state index < -0.39 is 11.9 Å². The topological polar surface area (TPSA) is 98.4 Å². The molecule has 1 unspecified atom stereocenters. The van der Waals surface area contributed by atoms with Crippen LogP contribution >= 0.6 is 15.9 Å². The van der Waals surface area contributed by atoms with Gasteiger partial charge in [0.1, 0.15) is 11.6 Å². The highest BCUT2D eigenvalue weighted by Gasteiger charge is 2.46. The highest BCUT2D eigenvalue weighted by Crippen LogP contribution is 2.50. The van der Waals surface area contributed by atoms with Crippen molar-refractivity contribution in [1.29, 1.82) is 0 Å². The first-order chi connectivity index (χ1) is 15.2. The van der Waals surface area contributed by atoms with Gasteiger partial charge in [0.25, 0.3) is 0 Å². The number of hydrogen-bond acceptors (Lipinski definition) is 7. The number of ether oxygens (including phenoxy) is 1. The fourth-order valence-electron chi connectivity index (χ4n) is 4.46. The maximum absolute atomic E-state index is 13.5. The van der Waals surface area contributed by atoms with E-state index in [4.69, 9.17) is 10.5 Å². The van der Waals surface area contributed by atoms with Crippen LogP contribution in [0.1, 0.15) is 45.1 Å². The predicted molar refractivity (Wildman–Crippen MR) is 124 cm³/mol. The number of hydrogen-bond donors (Lipinski definition) is 1. The highest BCUT2D eigenvalue weighted by molar-refractivity contribution is 9.10. The summed E-state index contributed by atoms with van der Waals surface area (Å²) in [5.41, 5.74) is 8.70. The molecule has 1 aliphatic heterocycles. The summed E-state index contributed by atoms with van der Waals surface area (Å²) in [6, 6.07) is 7.30. The zero-order valence-electron chi connectivity index (χ0n) is 18.3. The first kappa shape index (κ1) is 22.2. The molecule has 0 aromatic carbocycles. The van der Waals surface area contributed by atoms with Gasteiger partial charge in [0.05, 0.1) is 18.1 Å². The van der Waals surface area contributed by atoms with E-state index in [0.29, 0.717) is 24.2 Å². The normalized spacial score (nSPS) is 20.3. The Hall–Kier alpha value is -3.00. The summed E-state index contributed by atoms with van der Waals surface area (Å²) in [7, 11) is 0. The molecule has 1 atom stereocenters. The van der Waals surface area contributed by atoms with Gasteiger partial charge in [-0.15, -0.1) is 0 Å². The largest absolute Gasteiger partial charge is 0.463 e. The van der Waals surface area contributed by atoms with Gasteiger partial charge in [-0.25, -0.2) is 9.78 Å². The molecule has 0 saturated heterocycles. The number of halogens is 1. The number of rotatable bonds is 4. The highest BCUT2D eigenvalue weighted by atomic mass is 79.9. The Bertz CT molecular complexity index is 1120. The average molecular weight is 497 g/mol. The molecular weight excluding hydrogens is 472 g/mol. The van der Waals surface area contributed by atoms with E-state index in [1.54, 1.807) is 42.5 Å². The third-order valence-electron chi connectivity index (χ3n) is 5.71. The number of allylic oxidation sites excluding steroid dienone is 2. The van der Waals surface area contributed by atoms with Crippen LogP contribution in [0.5, 0.6) is 0 Å². The van der Waals surface area contributed by atoms with E-state index in [9.17, 15) is 9.59 Å². The van der Waals surface area contributed by atoms with E-state index in [2.05, 4.69) is 39.7 Å². The molecule has 2 aliphatic rings. The monoisotopic (exact) mass is 496 g/mol. The van der Waals surface area contributed by atoms with Crippen molar-refractivity contribution in [2.24, 2.45) is 11.1 Å². The van der Waals surface area contributed by atoms with Crippen molar-refractivity contribution in [2.75, 3.05) is 11.5 Å². The summed E-state index contributed by atoms with van der Waals surface area (Å²) in [5.74, 6) is -0.453. The summed E-state index contributed by atoms with van der Waals surface area (Å²) in [6.07, 6.45) is 5.97. The lowest BCUT2D eigenvalue weighted by molar-refractivity contribution is -0.138. The first-order valence-corrected chi connectivity index (χ1v) is 11.3. The van der Waals surface area contributed by atoms with Gasteiger partial charge in [-0.3, -0.25) is 14.7 Å². The summed E-state index contributed by atoms with van der Waals surface area (Å²) in [5, 5.41) is 0. The molecule has 2 aromatic heterocycles. The van der Waals surface area contributed by atoms with Crippen LogP contribution in [-0.2, 0) is 14.3 Å². The Kier molecular flexibility index (Phi) is 5.90. The van der Waals surface area contributed by atoms with Gasteiger partial charge in [-0.05, 0) is 58.5 Å². The molecule has 2 aromatic rings. The van der Waals surface area contributed by atoms with Crippen LogP contribution < -0.4 is 10.6 Å². The second-order valence-corrected chi connectivity index (χ2v) is 9.63. The molecule has 4 rings (SSSR count). The molecule has 2 N–H and O–H groups in total. The van der Waals surface area contributed by atoms with Crippen LogP contribution in [-0.4, -0.2) is 28.3 Å². The van der Waals surface area contributed by atoms with Crippen LogP contribution in [0.4, 0.5) is 5.82 Å². The predicted octanol–water partition coefficient (Wildman–Crippen LogP) is 4.22. The minimum Gasteiger partial charge on any atom is -0.463 e. The molecule has 0 radical (unpaired) electrons. The number of nitrogens with two attached hydrogens (primary N) is 1. The summed E-state index contributed by atoms with van der Waals surface area (Å²) in [6.45, 7) is 6.05. The van der Waals surface area contributed by atoms with Gasteiger partial charge in [-0.1, -0.05) is 19.9 Å². The van der Waals surface area contributed by atoms with Crippen LogP contribution in [0, 0.1) is 5.41 Å². The van der Waals surface area contributed by atoms with Crippen LogP contribution in [0.15, 0.2) is 70.0 Å². The minimum absolute atomic E-state index is 0.0125. The molecule has 0 fully saturated rings. The second kappa shape index (κ2) is 8.50.